The van der Waals surface area contributed by atoms with Crippen LogP contribution in [0, 0.1) is 16.0 Å². The number of nitrogens with one attached hydrogen (secondary N) is 1. The second-order valence-electron chi connectivity index (χ2n) is 5.86. The van der Waals surface area contributed by atoms with E-state index in [1.807, 2.05) is 35.2 Å². The second kappa shape index (κ2) is 7.12. The Kier molecular flexibility index (Phi) is 4.74. The molecular weight excluding hydrogens is 306 g/mol. The smallest absolute Gasteiger partial charge is 0.292 e. The molecule has 2 aromatic rings. The van der Waals surface area contributed by atoms with Crippen molar-refractivity contribution in [2.45, 2.75) is 12.8 Å². The fourth-order valence-electron chi connectivity index (χ4n) is 3.03. The molecule has 1 saturated heterocycles. The first-order valence-electron chi connectivity index (χ1n) is 7.99. The van der Waals surface area contributed by atoms with Gasteiger partial charge in [-0.15, -0.1) is 0 Å². The fraction of sp³-hybridized carbons (Fsp3) is 0.278. The molecule has 6 heteroatoms. The molecule has 24 heavy (non-hydrogen) atoms. The first-order valence-corrected chi connectivity index (χ1v) is 7.99. The van der Waals surface area contributed by atoms with Crippen molar-refractivity contribution in [3.63, 3.8) is 0 Å². The van der Waals surface area contributed by atoms with Gasteiger partial charge in [0, 0.05) is 30.8 Å². The number of nitrogens with zero attached hydrogens (tertiary/aromatic N) is 2. The van der Waals surface area contributed by atoms with Crippen LogP contribution < -0.4 is 10.2 Å². The number of hydrogen-bond donors (Lipinski definition) is 1. The second-order valence-corrected chi connectivity index (χ2v) is 5.86. The molecule has 2 aromatic carbocycles. The molecule has 0 aromatic heterocycles. The molecule has 0 radical (unpaired) electrons. The molecule has 3 rings (SSSR count). The summed E-state index contributed by atoms with van der Waals surface area (Å²) in [6.07, 6.45) is 1.37. The minimum absolute atomic E-state index is 0.0170. The number of carbonyl (C=O) groups excluding carboxylic acids is 1. The van der Waals surface area contributed by atoms with Crippen molar-refractivity contribution in [3.05, 3.63) is 64.7 Å². The van der Waals surface area contributed by atoms with Gasteiger partial charge in [-0.3, -0.25) is 14.9 Å². The molecule has 1 fully saturated rings. The largest absolute Gasteiger partial charge is 0.366 e. The maximum absolute atomic E-state index is 12.3. The first kappa shape index (κ1) is 16.0. The summed E-state index contributed by atoms with van der Waals surface area (Å²) in [7, 11) is 0. The zero-order chi connectivity index (χ0) is 16.9. The van der Waals surface area contributed by atoms with Crippen LogP contribution in [-0.4, -0.2) is 23.9 Å². The van der Waals surface area contributed by atoms with Gasteiger partial charge in [-0.1, -0.05) is 30.3 Å². The van der Waals surface area contributed by atoms with Crippen LogP contribution in [0.3, 0.4) is 0 Å². The normalized spacial score (nSPS) is 15.1. The van der Waals surface area contributed by atoms with Gasteiger partial charge in [0.25, 0.3) is 5.69 Å². The van der Waals surface area contributed by atoms with Gasteiger partial charge in [-0.2, -0.15) is 0 Å². The molecule has 1 N–H and O–H groups in total. The number of rotatable bonds is 4. The summed E-state index contributed by atoms with van der Waals surface area (Å²) in [6, 6.07) is 16.1. The summed E-state index contributed by atoms with van der Waals surface area (Å²) in [6.45, 7) is 1.27. The number of benzene rings is 2. The third-order valence-electron chi connectivity index (χ3n) is 4.33. The zero-order valence-corrected chi connectivity index (χ0v) is 13.2. The molecule has 0 aliphatic carbocycles. The monoisotopic (exact) mass is 325 g/mol. The highest BCUT2D eigenvalue weighted by molar-refractivity contribution is 5.92. The van der Waals surface area contributed by atoms with Crippen molar-refractivity contribution in [2.75, 3.05) is 23.3 Å². The number of amides is 1. The topological polar surface area (TPSA) is 75.5 Å². The molecule has 0 atom stereocenters. The van der Waals surface area contributed by atoms with Crippen LogP contribution >= 0.6 is 0 Å². The molecule has 0 saturated carbocycles. The number of para-hydroxylation sites is 3. The molecule has 0 bridgehead atoms. The van der Waals surface area contributed by atoms with Crippen molar-refractivity contribution < 1.29 is 9.72 Å². The summed E-state index contributed by atoms with van der Waals surface area (Å²) in [4.78, 5) is 25.1. The van der Waals surface area contributed by atoms with Gasteiger partial charge in [0.1, 0.15) is 5.69 Å². The summed E-state index contributed by atoms with van der Waals surface area (Å²) in [5, 5.41) is 14.1. The van der Waals surface area contributed by atoms with Gasteiger partial charge in [0.2, 0.25) is 5.91 Å². The lowest BCUT2D eigenvalue weighted by atomic mass is 9.95. The van der Waals surface area contributed by atoms with E-state index in [2.05, 4.69) is 5.32 Å². The number of piperidine rings is 1. The summed E-state index contributed by atoms with van der Waals surface area (Å²) in [5.74, 6) is -0.0485. The van der Waals surface area contributed by atoms with Gasteiger partial charge >= 0.3 is 0 Å². The van der Waals surface area contributed by atoms with Crippen LogP contribution in [0.15, 0.2) is 54.6 Å². The van der Waals surface area contributed by atoms with Crippen molar-refractivity contribution in [1.29, 1.82) is 0 Å². The predicted octanol–water partition coefficient (Wildman–Crippen LogP) is 3.45. The van der Waals surface area contributed by atoms with Crippen LogP contribution in [-0.2, 0) is 4.79 Å². The van der Waals surface area contributed by atoms with Gasteiger partial charge in [0.05, 0.1) is 4.92 Å². The Morgan fingerprint density at radius 1 is 1.04 bits per heavy atom. The molecule has 1 aliphatic heterocycles. The molecule has 1 amide bonds. The van der Waals surface area contributed by atoms with E-state index in [0.717, 1.165) is 5.69 Å². The highest BCUT2D eigenvalue weighted by Gasteiger charge is 2.28. The van der Waals surface area contributed by atoms with Gasteiger partial charge in [-0.25, -0.2) is 0 Å². The van der Waals surface area contributed by atoms with Gasteiger partial charge in [0.15, 0.2) is 0 Å². The Morgan fingerprint density at radius 3 is 2.33 bits per heavy atom. The van der Waals surface area contributed by atoms with Gasteiger partial charge in [-0.05, 0) is 31.0 Å². The SMILES string of the molecule is O=C(Nc1ccccc1)C1CCN(c2ccccc2[N+](=O)[O-])CC1. The number of nitro benzene ring substituents is 1. The van der Waals surface area contributed by atoms with E-state index in [1.165, 1.54) is 6.07 Å². The third kappa shape index (κ3) is 3.53. The van der Waals surface area contributed by atoms with Crippen LogP contribution in [0.25, 0.3) is 0 Å². The number of nitro groups is 1. The van der Waals surface area contributed by atoms with Gasteiger partial charge < -0.3 is 10.2 Å². The Bertz CT molecular complexity index is 725. The quantitative estimate of drug-likeness (QED) is 0.690. The van der Waals surface area contributed by atoms with E-state index < -0.39 is 0 Å². The molecule has 124 valence electrons. The van der Waals surface area contributed by atoms with E-state index in [1.54, 1.807) is 18.2 Å². The van der Waals surface area contributed by atoms with Crippen LogP contribution in [0.2, 0.25) is 0 Å². The Hall–Kier alpha value is -2.89. The van der Waals surface area contributed by atoms with Crippen LogP contribution in [0.4, 0.5) is 17.1 Å². The van der Waals surface area contributed by atoms with E-state index in [9.17, 15) is 14.9 Å². The lowest BCUT2D eigenvalue weighted by molar-refractivity contribution is -0.384. The highest BCUT2D eigenvalue weighted by Crippen LogP contribution is 2.31. The summed E-state index contributed by atoms with van der Waals surface area (Å²) < 4.78 is 0. The Labute approximate surface area is 140 Å². The molecule has 0 unspecified atom stereocenters. The predicted molar refractivity (Wildman–Crippen MR) is 93.1 cm³/mol. The molecule has 0 spiro atoms. The van der Waals surface area contributed by atoms with Crippen LogP contribution in [0.5, 0.6) is 0 Å². The van der Waals surface area contributed by atoms with E-state index in [4.69, 9.17) is 0 Å². The molecular formula is C18H19N3O3. The van der Waals surface area contributed by atoms with E-state index in [0.29, 0.717) is 31.6 Å². The maximum atomic E-state index is 12.3. The summed E-state index contributed by atoms with van der Waals surface area (Å²) in [5.41, 5.74) is 1.54. The zero-order valence-electron chi connectivity index (χ0n) is 13.2. The molecule has 6 nitrogen and oxygen atoms in total. The third-order valence-corrected chi connectivity index (χ3v) is 4.33. The number of carbonyl (C=O) groups is 1. The summed E-state index contributed by atoms with van der Waals surface area (Å²) >= 11 is 0. The van der Waals surface area contributed by atoms with Crippen molar-refractivity contribution in [2.24, 2.45) is 5.92 Å². The van der Waals surface area contributed by atoms with Crippen molar-refractivity contribution >= 4 is 23.0 Å². The number of hydrogen-bond acceptors (Lipinski definition) is 4. The fourth-order valence-corrected chi connectivity index (χ4v) is 3.03. The maximum Gasteiger partial charge on any atom is 0.292 e. The Morgan fingerprint density at radius 2 is 1.67 bits per heavy atom. The average Bonchev–Trinajstić information content (AvgIpc) is 2.62. The molecule has 1 aliphatic rings. The minimum Gasteiger partial charge on any atom is -0.366 e. The van der Waals surface area contributed by atoms with Crippen molar-refractivity contribution in [3.8, 4) is 0 Å². The average molecular weight is 325 g/mol. The standard InChI is InChI=1S/C18H19N3O3/c22-18(19-15-6-2-1-3-7-15)14-10-12-20(13-11-14)16-8-4-5-9-17(16)21(23)24/h1-9,14H,10-13H2,(H,19,22). The first-order chi connectivity index (χ1) is 11.6. The minimum atomic E-state index is -0.358. The lowest BCUT2D eigenvalue weighted by Gasteiger charge is -2.32. The van der Waals surface area contributed by atoms with Crippen LogP contribution in [0.1, 0.15) is 12.8 Å². The van der Waals surface area contributed by atoms with E-state index >= 15 is 0 Å². The number of anilines is 2. The Balaban J connectivity index is 1.62. The van der Waals surface area contributed by atoms with Crippen molar-refractivity contribution in [1.82, 2.24) is 0 Å². The molecule has 1 heterocycles. The highest BCUT2D eigenvalue weighted by atomic mass is 16.6. The lowest BCUT2D eigenvalue weighted by Crippen LogP contribution is -2.38. The van der Waals surface area contributed by atoms with E-state index in [-0.39, 0.29) is 22.4 Å².